The van der Waals surface area contributed by atoms with E-state index in [1.54, 1.807) is 4.68 Å². The number of amides is 1. The molecule has 5 rings (SSSR count). The molecule has 0 aliphatic heterocycles. The van der Waals surface area contributed by atoms with Crippen molar-refractivity contribution in [2.75, 3.05) is 0 Å². The fourth-order valence-electron chi connectivity index (χ4n) is 5.49. The molecule has 4 nitrogen and oxygen atoms in total. The Morgan fingerprint density at radius 2 is 1.67 bits per heavy atom. The topological polar surface area (TPSA) is 46.9 Å². The van der Waals surface area contributed by atoms with Crippen LogP contribution < -0.4 is 5.32 Å². The summed E-state index contributed by atoms with van der Waals surface area (Å²) in [5.74, 6) is 3.44. The second kappa shape index (κ2) is 4.59. The van der Waals surface area contributed by atoms with E-state index in [1.807, 2.05) is 20.9 Å². The highest BCUT2D eigenvalue weighted by Crippen LogP contribution is 2.53. The first kappa shape index (κ1) is 13.4. The lowest BCUT2D eigenvalue weighted by molar-refractivity contribution is -0.0119. The van der Waals surface area contributed by atoms with Crippen LogP contribution in [0.2, 0.25) is 0 Å². The van der Waals surface area contributed by atoms with Crippen molar-refractivity contribution in [3.05, 3.63) is 17.0 Å². The van der Waals surface area contributed by atoms with Crippen LogP contribution in [-0.4, -0.2) is 21.7 Å². The highest BCUT2D eigenvalue weighted by Gasteiger charge is 2.48. The van der Waals surface area contributed by atoms with Gasteiger partial charge in [0.2, 0.25) is 0 Å². The Kier molecular flexibility index (Phi) is 2.92. The zero-order chi connectivity index (χ0) is 14.7. The Morgan fingerprint density at radius 3 is 2.14 bits per heavy atom. The van der Waals surface area contributed by atoms with Crippen LogP contribution in [0.5, 0.6) is 0 Å². The van der Waals surface area contributed by atoms with Gasteiger partial charge in [-0.05, 0) is 69.6 Å². The summed E-state index contributed by atoms with van der Waals surface area (Å²) in [5.41, 5.74) is 2.59. The number of hydrogen-bond acceptors (Lipinski definition) is 2. The van der Waals surface area contributed by atoms with E-state index in [0.29, 0.717) is 6.04 Å². The Labute approximate surface area is 126 Å². The molecular formula is C17H25N3O. The number of carbonyl (C=O) groups excluding carboxylic acids is 1. The van der Waals surface area contributed by atoms with Crippen LogP contribution in [0.1, 0.15) is 53.8 Å². The van der Waals surface area contributed by atoms with E-state index < -0.39 is 0 Å². The summed E-state index contributed by atoms with van der Waals surface area (Å²) in [6.45, 7) is 3.91. The van der Waals surface area contributed by atoms with E-state index in [2.05, 4.69) is 10.4 Å². The molecule has 0 saturated heterocycles. The van der Waals surface area contributed by atoms with Gasteiger partial charge in [-0.2, -0.15) is 5.10 Å². The average Bonchev–Trinajstić information content (AvgIpc) is 2.66. The Hall–Kier alpha value is -1.32. The van der Waals surface area contributed by atoms with E-state index in [-0.39, 0.29) is 5.91 Å². The fourth-order valence-corrected chi connectivity index (χ4v) is 5.49. The summed E-state index contributed by atoms with van der Waals surface area (Å²) in [4.78, 5) is 12.7. The Bertz CT molecular complexity index is 561. The smallest absolute Gasteiger partial charge is 0.255 e. The van der Waals surface area contributed by atoms with Crippen LogP contribution in [0, 0.1) is 37.5 Å². The molecule has 1 amide bonds. The molecule has 1 heterocycles. The number of rotatable bonds is 2. The highest BCUT2D eigenvalue weighted by atomic mass is 16.1. The largest absolute Gasteiger partial charge is 0.349 e. The molecule has 1 N–H and O–H groups in total. The standard InChI is InChI=1S/C17H25N3O/c1-9-15(10(2)20(3)19-9)17(21)18-16-13-5-11-4-12(7-13)8-14(16)6-11/h11-14,16H,4-8H2,1-3H3,(H,18,21). The number of carbonyl (C=O) groups is 1. The van der Waals surface area contributed by atoms with Gasteiger partial charge in [-0.1, -0.05) is 0 Å². The van der Waals surface area contributed by atoms with Gasteiger partial charge in [0.1, 0.15) is 0 Å². The molecule has 4 fully saturated rings. The molecular weight excluding hydrogens is 262 g/mol. The van der Waals surface area contributed by atoms with Crippen LogP contribution in [0.3, 0.4) is 0 Å². The van der Waals surface area contributed by atoms with Gasteiger partial charge in [0.15, 0.2) is 0 Å². The number of hydrogen-bond donors (Lipinski definition) is 1. The quantitative estimate of drug-likeness (QED) is 0.909. The van der Waals surface area contributed by atoms with E-state index in [1.165, 1.54) is 32.1 Å². The van der Waals surface area contributed by atoms with E-state index >= 15 is 0 Å². The van der Waals surface area contributed by atoms with Crippen LogP contribution in [0.15, 0.2) is 0 Å². The SMILES string of the molecule is Cc1nn(C)c(C)c1C(=O)NC1C2CC3CC(C2)CC1C3. The van der Waals surface area contributed by atoms with Crippen molar-refractivity contribution in [1.29, 1.82) is 0 Å². The molecule has 1 aromatic rings. The van der Waals surface area contributed by atoms with Gasteiger partial charge in [0, 0.05) is 18.8 Å². The molecule has 0 spiro atoms. The first-order valence-corrected chi connectivity index (χ1v) is 8.34. The molecule has 1 aromatic heterocycles. The molecule has 114 valence electrons. The average molecular weight is 287 g/mol. The molecule has 21 heavy (non-hydrogen) atoms. The lowest BCUT2D eigenvalue weighted by atomic mass is 9.54. The van der Waals surface area contributed by atoms with Crippen molar-refractivity contribution >= 4 is 5.91 Å². The first-order chi connectivity index (χ1) is 10.0. The van der Waals surface area contributed by atoms with Gasteiger partial charge in [-0.25, -0.2) is 0 Å². The zero-order valence-electron chi connectivity index (χ0n) is 13.2. The molecule has 4 aliphatic carbocycles. The third-order valence-corrected chi connectivity index (χ3v) is 6.26. The van der Waals surface area contributed by atoms with Crippen molar-refractivity contribution in [3.63, 3.8) is 0 Å². The minimum Gasteiger partial charge on any atom is -0.349 e. The number of nitrogens with zero attached hydrogens (tertiary/aromatic N) is 2. The van der Waals surface area contributed by atoms with Gasteiger partial charge in [-0.15, -0.1) is 0 Å². The van der Waals surface area contributed by atoms with Crippen LogP contribution in [-0.2, 0) is 7.05 Å². The monoisotopic (exact) mass is 287 g/mol. The zero-order valence-corrected chi connectivity index (χ0v) is 13.2. The van der Waals surface area contributed by atoms with Crippen molar-refractivity contribution < 1.29 is 4.79 Å². The number of aryl methyl sites for hydroxylation is 2. The lowest BCUT2D eigenvalue weighted by Gasteiger charge is -2.54. The molecule has 0 radical (unpaired) electrons. The number of aromatic nitrogens is 2. The van der Waals surface area contributed by atoms with E-state index in [9.17, 15) is 4.79 Å². The molecule has 0 unspecified atom stereocenters. The maximum atomic E-state index is 12.7. The molecule has 4 aliphatic rings. The second-order valence-electron chi connectivity index (χ2n) is 7.60. The van der Waals surface area contributed by atoms with Gasteiger partial charge in [0.25, 0.3) is 5.91 Å². The maximum absolute atomic E-state index is 12.7. The molecule has 4 heteroatoms. The van der Waals surface area contributed by atoms with Gasteiger partial charge < -0.3 is 5.32 Å². The van der Waals surface area contributed by atoms with E-state index in [0.717, 1.165) is 40.6 Å². The molecule has 4 bridgehead atoms. The predicted octanol–water partition coefficient (Wildman–Crippen LogP) is 2.59. The van der Waals surface area contributed by atoms with Crippen molar-refractivity contribution in [2.24, 2.45) is 30.7 Å². The molecule has 0 atom stereocenters. The summed E-state index contributed by atoms with van der Waals surface area (Å²) < 4.78 is 1.81. The highest BCUT2D eigenvalue weighted by molar-refractivity contribution is 5.96. The van der Waals surface area contributed by atoms with Crippen molar-refractivity contribution in [3.8, 4) is 0 Å². The summed E-state index contributed by atoms with van der Waals surface area (Å²) in [6, 6.07) is 0.407. The van der Waals surface area contributed by atoms with Crippen LogP contribution >= 0.6 is 0 Å². The minimum absolute atomic E-state index is 0.0931. The van der Waals surface area contributed by atoms with Gasteiger partial charge in [0.05, 0.1) is 11.3 Å². The lowest BCUT2D eigenvalue weighted by Crippen LogP contribution is -2.55. The fraction of sp³-hybridized carbons (Fsp3) is 0.765. The van der Waals surface area contributed by atoms with Crippen molar-refractivity contribution in [2.45, 2.75) is 52.0 Å². The summed E-state index contributed by atoms with van der Waals surface area (Å²) in [5, 5.41) is 7.75. The number of nitrogens with one attached hydrogen (secondary N) is 1. The van der Waals surface area contributed by atoms with Crippen LogP contribution in [0.4, 0.5) is 0 Å². The second-order valence-corrected chi connectivity index (χ2v) is 7.60. The van der Waals surface area contributed by atoms with Crippen molar-refractivity contribution in [1.82, 2.24) is 15.1 Å². The molecule has 0 aromatic carbocycles. The Morgan fingerprint density at radius 1 is 1.10 bits per heavy atom. The summed E-state index contributed by atoms with van der Waals surface area (Å²) in [6.07, 6.45) is 6.80. The maximum Gasteiger partial charge on any atom is 0.255 e. The normalized spacial score (nSPS) is 37.0. The third-order valence-electron chi connectivity index (χ3n) is 6.26. The Balaban J connectivity index is 1.55. The van der Waals surface area contributed by atoms with Gasteiger partial charge >= 0.3 is 0 Å². The van der Waals surface area contributed by atoms with Gasteiger partial charge in [-0.3, -0.25) is 9.48 Å². The summed E-state index contributed by atoms with van der Waals surface area (Å²) in [7, 11) is 1.90. The molecule has 4 saturated carbocycles. The van der Waals surface area contributed by atoms with Crippen LogP contribution in [0.25, 0.3) is 0 Å². The summed E-state index contributed by atoms with van der Waals surface area (Å²) >= 11 is 0. The first-order valence-electron chi connectivity index (χ1n) is 8.34. The van der Waals surface area contributed by atoms with E-state index in [4.69, 9.17) is 0 Å². The minimum atomic E-state index is 0.0931. The third kappa shape index (κ3) is 2.02. The predicted molar refractivity (Wildman–Crippen MR) is 81.0 cm³/mol.